The molecule has 0 aliphatic carbocycles. The summed E-state index contributed by atoms with van der Waals surface area (Å²) in [6, 6.07) is 22.9. The van der Waals surface area contributed by atoms with E-state index in [0.29, 0.717) is 90.9 Å². The van der Waals surface area contributed by atoms with Gasteiger partial charge < -0.3 is 39.6 Å². The number of benzene rings is 2. The average molecular weight is 967 g/mol. The monoisotopic (exact) mass is 966 g/mol. The normalized spacial score (nSPS) is 12.3. The van der Waals surface area contributed by atoms with Crippen LogP contribution >= 0.6 is 0 Å². The fourth-order valence-electron chi connectivity index (χ4n) is 6.86. The molecule has 68 heavy (non-hydrogen) atoms. The summed E-state index contributed by atoms with van der Waals surface area (Å²) in [5, 5.41) is 20.2. The van der Waals surface area contributed by atoms with Crippen LogP contribution in [0, 0.1) is 0 Å². The SMILES string of the molecule is CC(C)(C)OC(=O)N[C@@H](CS(=O)(=O)O)C(=O)NCCCOCCOCCOCCCNC(=O)CCCCn1nnnc1C(C)(C)CCCCOc1cc(-c2ccccc2)cc(-c2ccccc2)n1. The number of unbranched alkanes of at least 4 members (excludes halogenated alkanes) is 2. The number of nitrogens with one attached hydrogen (secondary N) is 3. The zero-order chi connectivity index (χ0) is 49.3. The zero-order valence-corrected chi connectivity index (χ0v) is 40.9. The minimum Gasteiger partial charge on any atom is -0.478 e. The van der Waals surface area contributed by atoms with E-state index in [9.17, 15) is 27.4 Å². The van der Waals surface area contributed by atoms with E-state index in [2.05, 4.69) is 75.7 Å². The molecule has 0 bridgehead atoms. The average Bonchev–Trinajstić information content (AvgIpc) is 3.78. The lowest BCUT2D eigenvalue weighted by Crippen LogP contribution is -2.51. The maximum Gasteiger partial charge on any atom is 0.408 e. The summed E-state index contributed by atoms with van der Waals surface area (Å²) in [7, 11) is -4.55. The molecular formula is C48H70N8O11S. The Balaban J connectivity index is 0.988. The van der Waals surface area contributed by atoms with Crippen LogP contribution in [0.15, 0.2) is 72.8 Å². The van der Waals surface area contributed by atoms with Gasteiger partial charge in [0.15, 0.2) is 5.82 Å². The molecule has 0 saturated carbocycles. The van der Waals surface area contributed by atoms with Crippen LogP contribution in [0.3, 0.4) is 0 Å². The van der Waals surface area contributed by atoms with Gasteiger partial charge in [0.1, 0.15) is 17.4 Å². The number of aromatic nitrogens is 5. The Morgan fingerprint density at radius 1 is 0.721 bits per heavy atom. The van der Waals surface area contributed by atoms with Crippen LogP contribution in [0.4, 0.5) is 4.79 Å². The molecule has 374 valence electrons. The third-order valence-electron chi connectivity index (χ3n) is 10.3. The van der Waals surface area contributed by atoms with E-state index in [-0.39, 0.29) is 17.9 Å². The zero-order valence-electron chi connectivity index (χ0n) is 40.1. The van der Waals surface area contributed by atoms with Crippen LogP contribution in [0.2, 0.25) is 0 Å². The second-order valence-corrected chi connectivity index (χ2v) is 19.3. The van der Waals surface area contributed by atoms with Crippen molar-refractivity contribution >= 4 is 28.0 Å². The Morgan fingerprint density at radius 3 is 1.97 bits per heavy atom. The van der Waals surface area contributed by atoms with Gasteiger partial charge in [-0.25, -0.2) is 14.5 Å². The summed E-state index contributed by atoms with van der Waals surface area (Å²) in [5.74, 6) is -0.362. The van der Waals surface area contributed by atoms with E-state index < -0.39 is 39.5 Å². The highest BCUT2D eigenvalue weighted by Crippen LogP contribution is 2.30. The molecule has 0 radical (unpaired) electrons. The highest BCUT2D eigenvalue weighted by atomic mass is 32.2. The summed E-state index contributed by atoms with van der Waals surface area (Å²) in [6.45, 7) is 13.2. The van der Waals surface area contributed by atoms with Crippen LogP contribution in [0.5, 0.6) is 5.88 Å². The van der Waals surface area contributed by atoms with Gasteiger partial charge in [0.2, 0.25) is 17.7 Å². The first-order chi connectivity index (χ1) is 32.5. The predicted molar refractivity (Wildman–Crippen MR) is 256 cm³/mol. The van der Waals surface area contributed by atoms with Crippen molar-refractivity contribution in [3.05, 3.63) is 78.6 Å². The van der Waals surface area contributed by atoms with Crippen LogP contribution in [0.25, 0.3) is 22.4 Å². The Morgan fingerprint density at radius 2 is 1.34 bits per heavy atom. The van der Waals surface area contributed by atoms with Gasteiger partial charge in [-0.2, -0.15) is 8.42 Å². The molecule has 1 atom stereocenters. The fraction of sp³-hybridized carbons (Fsp3) is 0.562. The highest BCUT2D eigenvalue weighted by Gasteiger charge is 2.29. The maximum absolute atomic E-state index is 12.4. The molecule has 4 aromatic rings. The van der Waals surface area contributed by atoms with Gasteiger partial charge in [0.05, 0.1) is 38.7 Å². The molecular weight excluding hydrogens is 897 g/mol. The number of amides is 3. The number of alkyl carbamates (subject to hydrolysis) is 1. The van der Waals surface area contributed by atoms with E-state index in [0.717, 1.165) is 53.9 Å². The van der Waals surface area contributed by atoms with Gasteiger partial charge in [-0.05, 0) is 93.3 Å². The van der Waals surface area contributed by atoms with Crippen LogP contribution in [0.1, 0.15) is 91.8 Å². The van der Waals surface area contributed by atoms with Gasteiger partial charge in [-0.3, -0.25) is 14.1 Å². The molecule has 2 heterocycles. The van der Waals surface area contributed by atoms with Gasteiger partial charge >= 0.3 is 6.09 Å². The number of tetrazole rings is 1. The molecule has 3 amide bonds. The number of nitrogens with zero attached hydrogens (tertiary/aromatic N) is 5. The molecule has 0 aliphatic heterocycles. The summed E-state index contributed by atoms with van der Waals surface area (Å²) >= 11 is 0. The Kier molecular flexibility index (Phi) is 23.2. The topological polar surface area (TPSA) is 244 Å². The summed E-state index contributed by atoms with van der Waals surface area (Å²) in [5.41, 5.74) is 2.96. The van der Waals surface area contributed by atoms with Crippen molar-refractivity contribution in [2.75, 3.05) is 65.1 Å². The number of hydrogen-bond acceptors (Lipinski definition) is 14. The van der Waals surface area contributed by atoms with Crippen LogP contribution < -0.4 is 20.7 Å². The molecule has 0 unspecified atom stereocenters. The summed E-state index contributed by atoms with van der Waals surface area (Å²) in [4.78, 5) is 41.7. The molecule has 0 aliphatic rings. The lowest BCUT2D eigenvalue weighted by molar-refractivity contribution is -0.123. The predicted octanol–water partition coefficient (Wildman–Crippen LogP) is 5.94. The molecule has 4 N–H and O–H groups in total. The fourth-order valence-corrected chi connectivity index (χ4v) is 7.52. The number of pyridine rings is 1. The van der Waals surface area contributed by atoms with Crippen molar-refractivity contribution in [3.8, 4) is 28.3 Å². The lowest BCUT2D eigenvalue weighted by atomic mass is 9.86. The van der Waals surface area contributed by atoms with Gasteiger partial charge in [-0.15, -0.1) is 5.10 Å². The number of rotatable bonds is 32. The third kappa shape index (κ3) is 22.0. The Hall–Kier alpha value is -5.54. The first-order valence-corrected chi connectivity index (χ1v) is 24.8. The smallest absolute Gasteiger partial charge is 0.408 e. The van der Waals surface area contributed by atoms with Crippen molar-refractivity contribution in [1.29, 1.82) is 0 Å². The van der Waals surface area contributed by atoms with E-state index >= 15 is 0 Å². The molecule has 0 saturated heterocycles. The van der Waals surface area contributed by atoms with Gasteiger partial charge in [0, 0.05) is 56.3 Å². The van der Waals surface area contributed by atoms with Crippen LogP contribution in [-0.4, -0.2) is 133 Å². The summed E-state index contributed by atoms with van der Waals surface area (Å²) in [6.07, 6.45) is 4.62. The standard InChI is InChI=1S/C48H70N8O11S/c1-47(2,3)67-46(59)52-41(36-68(60,61)62)44(58)50-25-17-28-64-31-33-65-32-30-63-27-16-24-49-42(57)22-12-14-26-56-45(53-54-55-56)48(4,5)23-13-15-29-66-43-35-39(37-18-8-6-9-19-37)34-40(51-43)38-20-10-7-11-21-38/h6-11,18-21,34-35,41H,12-17,22-33,36H2,1-5H3,(H,49,57)(H,50,58)(H,52,59)(H,60,61,62)/t41-/m0/s1. The Labute approximate surface area is 400 Å². The molecule has 2 aromatic heterocycles. The van der Waals surface area contributed by atoms with Crippen molar-refractivity contribution in [1.82, 2.24) is 41.1 Å². The molecule has 4 rings (SSSR count). The first-order valence-electron chi connectivity index (χ1n) is 23.2. The van der Waals surface area contributed by atoms with Crippen molar-refractivity contribution in [2.24, 2.45) is 0 Å². The quantitative estimate of drug-likeness (QED) is 0.0327. The highest BCUT2D eigenvalue weighted by molar-refractivity contribution is 7.85. The largest absolute Gasteiger partial charge is 0.478 e. The number of aryl methyl sites for hydroxylation is 1. The number of hydrogen-bond donors (Lipinski definition) is 4. The van der Waals surface area contributed by atoms with Crippen molar-refractivity contribution < 1.29 is 51.0 Å². The van der Waals surface area contributed by atoms with E-state index in [1.807, 2.05) is 47.1 Å². The molecule has 0 fully saturated rings. The van der Waals surface area contributed by atoms with Crippen LogP contribution in [-0.2, 0) is 50.6 Å². The number of ether oxygens (including phenoxy) is 5. The minimum atomic E-state index is -4.55. The van der Waals surface area contributed by atoms with Crippen molar-refractivity contribution in [2.45, 2.75) is 110 Å². The Bertz CT molecular complexity index is 2170. The molecule has 0 spiro atoms. The van der Waals surface area contributed by atoms with Gasteiger partial charge in [-0.1, -0.05) is 74.5 Å². The third-order valence-corrected chi connectivity index (χ3v) is 11.0. The van der Waals surface area contributed by atoms with E-state index in [1.54, 1.807) is 20.8 Å². The molecule has 2 aromatic carbocycles. The lowest BCUT2D eigenvalue weighted by Gasteiger charge is -2.23. The second-order valence-electron chi connectivity index (χ2n) is 17.8. The number of carbonyl (C=O) groups is 3. The van der Waals surface area contributed by atoms with E-state index in [4.69, 9.17) is 28.7 Å². The number of carbonyl (C=O) groups excluding carboxylic acids is 3. The van der Waals surface area contributed by atoms with Crippen molar-refractivity contribution in [3.63, 3.8) is 0 Å². The maximum atomic E-state index is 12.4. The van der Waals surface area contributed by atoms with E-state index in [1.165, 1.54) is 0 Å². The van der Waals surface area contributed by atoms with Gasteiger partial charge in [0.25, 0.3) is 10.1 Å². The molecule has 20 heteroatoms. The second kappa shape index (κ2) is 28.7. The summed E-state index contributed by atoms with van der Waals surface area (Å²) < 4.78 is 61.6. The molecule has 19 nitrogen and oxygen atoms in total. The minimum absolute atomic E-state index is 0.00923. The first kappa shape index (κ1) is 55.1.